The molecule has 0 aromatic heterocycles. The summed E-state index contributed by atoms with van der Waals surface area (Å²) in [4.78, 5) is 1.79. The van der Waals surface area contributed by atoms with Crippen molar-refractivity contribution in [3.05, 3.63) is 53.6 Å². The van der Waals surface area contributed by atoms with Crippen LogP contribution in [0.3, 0.4) is 0 Å². The van der Waals surface area contributed by atoms with Crippen LogP contribution in [0.5, 0.6) is 0 Å². The number of hydrogen-bond donors (Lipinski definition) is 3. The van der Waals surface area contributed by atoms with Crippen LogP contribution >= 0.6 is 11.8 Å². The molecule has 5 nitrogen and oxygen atoms in total. The molecule has 1 aliphatic heterocycles. The Morgan fingerprint density at radius 2 is 1.78 bits per heavy atom. The van der Waals surface area contributed by atoms with Crippen molar-refractivity contribution in [1.29, 1.82) is 0 Å². The summed E-state index contributed by atoms with van der Waals surface area (Å²) in [6.07, 6.45) is 1.04. The van der Waals surface area contributed by atoms with Crippen LogP contribution in [-0.4, -0.2) is 20.1 Å². The average molecular weight is 350 g/mol. The molecule has 0 fully saturated rings. The molecule has 0 aliphatic carbocycles. The summed E-state index contributed by atoms with van der Waals surface area (Å²) in [6, 6.07) is 12.2. The fourth-order valence-electron chi connectivity index (χ4n) is 2.89. The van der Waals surface area contributed by atoms with Gasteiger partial charge in [-0.05, 0) is 43.7 Å². The standard InChI is InChI=1S/C16H18N2O3S2/c17-9-3-8-16(19)12-4-1-2-5-14(12)22-15-7-6-11(10-13(15)16)23(18,20)21/h1-2,4-7,10,19H,3,8-9,17H2,(H2,18,20,21). The third-order valence-corrected chi connectivity index (χ3v) is 6.08. The lowest BCUT2D eigenvalue weighted by atomic mass is 9.82. The number of sulfonamides is 1. The number of fused-ring (bicyclic) bond motifs is 2. The van der Waals surface area contributed by atoms with E-state index in [-0.39, 0.29) is 4.90 Å². The van der Waals surface area contributed by atoms with Crippen LogP contribution in [0.25, 0.3) is 0 Å². The van der Waals surface area contributed by atoms with Crippen molar-refractivity contribution in [2.75, 3.05) is 6.54 Å². The lowest BCUT2D eigenvalue weighted by Crippen LogP contribution is -2.32. The highest BCUT2D eigenvalue weighted by atomic mass is 32.2. The second-order valence-electron chi connectivity index (χ2n) is 5.55. The first-order valence-electron chi connectivity index (χ1n) is 7.23. The van der Waals surface area contributed by atoms with Gasteiger partial charge in [-0.3, -0.25) is 0 Å². The van der Waals surface area contributed by atoms with E-state index < -0.39 is 15.6 Å². The molecule has 2 aromatic rings. The van der Waals surface area contributed by atoms with Crippen molar-refractivity contribution in [2.45, 2.75) is 33.1 Å². The van der Waals surface area contributed by atoms with Crippen LogP contribution in [0, 0.1) is 0 Å². The number of hydrogen-bond acceptors (Lipinski definition) is 5. The molecule has 0 saturated heterocycles. The zero-order chi connectivity index (χ0) is 16.7. The Morgan fingerprint density at radius 3 is 2.48 bits per heavy atom. The van der Waals surface area contributed by atoms with Gasteiger partial charge in [0.05, 0.1) is 4.90 Å². The fraction of sp³-hybridized carbons (Fsp3) is 0.250. The van der Waals surface area contributed by atoms with Crippen LogP contribution in [-0.2, 0) is 15.6 Å². The van der Waals surface area contributed by atoms with Crippen molar-refractivity contribution < 1.29 is 13.5 Å². The molecule has 1 unspecified atom stereocenters. The minimum atomic E-state index is -3.83. The largest absolute Gasteiger partial charge is 0.380 e. The summed E-state index contributed by atoms with van der Waals surface area (Å²) in [5.41, 5.74) is 5.69. The Morgan fingerprint density at radius 1 is 1.09 bits per heavy atom. The maximum absolute atomic E-state index is 11.7. The van der Waals surface area contributed by atoms with Gasteiger partial charge in [-0.15, -0.1) is 0 Å². The molecule has 0 saturated carbocycles. The molecule has 1 heterocycles. The number of rotatable bonds is 4. The quantitative estimate of drug-likeness (QED) is 0.779. The lowest BCUT2D eigenvalue weighted by Gasteiger charge is -2.36. The Labute approximate surface area is 139 Å². The van der Waals surface area contributed by atoms with Crippen molar-refractivity contribution in [1.82, 2.24) is 0 Å². The van der Waals surface area contributed by atoms with E-state index >= 15 is 0 Å². The maximum Gasteiger partial charge on any atom is 0.238 e. The van der Waals surface area contributed by atoms with Gasteiger partial charge in [-0.25, -0.2) is 13.6 Å². The zero-order valence-corrected chi connectivity index (χ0v) is 14.0. The highest BCUT2D eigenvalue weighted by Crippen LogP contribution is 2.50. The van der Waals surface area contributed by atoms with Gasteiger partial charge in [-0.2, -0.15) is 0 Å². The first kappa shape index (κ1) is 16.5. The monoisotopic (exact) mass is 350 g/mol. The molecule has 5 N–H and O–H groups in total. The SMILES string of the molecule is NCCCC1(O)c2ccccc2Sc2ccc(S(N)(=O)=O)cc21. The maximum atomic E-state index is 11.7. The van der Waals surface area contributed by atoms with Crippen LogP contribution in [0.1, 0.15) is 24.0 Å². The van der Waals surface area contributed by atoms with Gasteiger partial charge in [0.2, 0.25) is 10.0 Å². The van der Waals surface area contributed by atoms with Gasteiger partial charge in [0.1, 0.15) is 5.60 Å². The Balaban J connectivity index is 2.22. The van der Waals surface area contributed by atoms with E-state index in [0.29, 0.717) is 24.9 Å². The van der Waals surface area contributed by atoms with Crippen molar-refractivity contribution in [3.8, 4) is 0 Å². The Hall–Kier alpha value is -1.38. The number of nitrogens with two attached hydrogens (primary N) is 2. The van der Waals surface area contributed by atoms with Crippen molar-refractivity contribution >= 4 is 21.8 Å². The topological polar surface area (TPSA) is 106 Å². The third-order valence-electron chi connectivity index (χ3n) is 4.02. The van der Waals surface area contributed by atoms with Gasteiger partial charge in [-0.1, -0.05) is 30.0 Å². The molecular formula is C16H18N2O3S2. The molecular weight excluding hydrogens is 332 g/mol. The molecule has 1 atom stereocenters. The summed E-state index contributed by atoms with van der Waals surface area (Å²) < 4.78 is 23.3. The van der Waals surface area contributed by atoms with Gasteiger partial charge in [0, 0.05) is 20.9 Å². The normalized spacial score (nSPS) is 20.0. The molecule has 0 radical (unpaired) electrons. The van der Waals surface area contributed by atoms with Crippen LogP contribution < -0.4 is 10.9 Å². The second-order valence-corrected chi connectivity index (χ2v) is 8.20. The molecule has 3 rings (SSSR count). The molecule has 0 spiro atoms. The molecule has 23 heavy (non-hydrogen) atoms. The average Bonchev–Trinajstić information content (AvgIpc) is 2.52. The Kier molecular flexibility index (Phi) is 4.24. The third kappa shape index (κ3) is 2.90. The van der Waals surface area contributed by atoms with E-state index in [1.807, 2.05) is 24.3 Å². The molecule has 7 heteroatoms. The summed E-state index contributed by atoms with van der Waals surface area (Å²) in [7, 11) is -3.83. The minimum absolute atomic E-state index is 0.00223. The molecule has 1 aliphatic rings. The highest BCUT2D eigenvalue weighted by molar-refractivity contribution is 7.99. The molecule has 0 bridgehead atoms. The number of aliphatic hydroxyl groups is 1. The fourth-order valence-corrected chi connectivity index (χ4v) is 4.63. The highest BCUT2D eigenvalue weighted by Gasteiger charge is 2.39. The summed E-state index contributed by atoms with van der Waals surface area (Å²) >= 11 is 1.51. The van der Waals surface area contributed by atoms with E-state index in [2.05, 4.69) is 0 Å². The smallest absolute Gasteiger partial charge is 0.238 e. The van der Waals surface area contributed by atoms with E-state index in [0.717, 1.165) is 15.4 Å². The molecule has 0 amide bonds. The van der Waals surface area contributed by atoms with Crippen LogP contribution in [0.4, 0.5) is 0 Å². The lowest BCUT2D eigenvalue weighted by molar-refractivity contribution is 0.0625. The number of primary sulfonamides is 1. The van der Waals surface area contributed by atoms with Gasteiger partial charge in [0.25, 0.3) is 0 Å². The van der Waals surface area contributed by atoms with E-state index in [9.17, 15) is 13.5 Å². The molecule has 122 valence electrons. The van der Waals surface area contributed by atoms with Crippen LogP contribution in [0.2, 0.25) is 0 Å². The first-order chi connectivity index (χ1) is 10.9. The summed E-state index contributed by atoms with van der Waals surface area (Å²) in [5.74, 6) is 0. The predicted octanol–water partition coefficient (Wildman–Crippen LogP) is 1.77. The summed E-state index contributed by atoms with van der Waals surface area (Å²) in [6.45, 7) is 0.446. The number of benzene rings is 2. The zero-order valence-electron chi connectivity index (χ0n) is 12.4. The van der Waals surface area contributed by atoms with Gasteiger partial charge >= 0.3 is 0 Å². The Bertz CT molecular complexity index is 852. The van der Waals surface area contributed by atoms with E-state index in [1.54, 1.807) is 6.07 Å². The minimum Gasteiger partial charge on any atom is -0.380 e. The van der Waals surface area contributed by atoms with Crippen molar-refractivity contribution in [2.24, 2.45) is 10.9 Å². The summed E-state index contributed by atoms with van der Waals surface area (Å²) in [5, 5.41) is 16.6. The van der Waals surface area contributed by atoms with E-state index in [4.69, 9.17) is 10.9 Å². The van der Waals surface area contributed by atoms with Gasteiger partial charge < -0.3 is 10.8 Å². The second kappa shape index (κ2) is 5.92. The molecule has 2 aromatic carbocycles. The van der Waals surface area contributed by atoms with Crippen molar-refractivity contribution in [3.63, 3.8) is 0 Å². The first-order valence-corrected chi connectivity index (χ1v) is 9.60. The predicted molar refractivity (Wildman–Crippen MR) is 89.7 cm³/mol. The van der Waals surface area contributed by atoms with Crippen LogP contribution in [0.15, 0.2) is 57.2 Å². The van der Waals surface area contributed by atoms with Gasteiger partial charge in [0.15, 0.2) is 0 Å². The van der Waals surface area contributed by atoms with E-state index in [1.165, 1.54) is 23.9 Å².